The highest BCUT2D eigenvalue weighted by molar-refractivity contribution is 14.0. The maximum atomic E-state index is 5.90. The van der Waals surface area contributed by atoms with Gasteiger partial charge in [0.2, 0.25) is 0 Å². The van der Waals surface area contributed by atoms with E-state index in [1.165, 1.54) is 32.1 Å². The fraction of sp³-hybridized carbons (Fsp3) is 0.571. The Morgan fingerprint density at radius 3 is 2.79 bits per heavy atom. The molecule has 106 valence electrons. The van der Waals surface area contributed by atoms with Crippen molar-refractivity contribution in [2.45, 2.75) is 51.6 Å². The Kier molecular flexibility index (Phi) is 7.12. The van der Waals surface area contributed by atoms with Crippen LogP contribution in [0.5, 0.6) is 0 Å². The SMILES string of the molecule is Cc1cccc(CN=C(N)NC2CCCCC2)n1.I. The molecule has 3 N–H and O–H groups in total. The Hall–Kier alpha value is -0.850. The third-order valence-corrected chi connectivity index (χ3v) is 3.31. The molecule has 0 aliphatic heterocycles. The van der Waals surface area contributed by atoms with Crippen molar-refractivity contribution in [2.75, 3.05) is 0 Å². The van der Waals surface area contributed by atoms with Crippen molar-refractivity contribution in [2.24, 2.45) is 10.7 Å². The first-order valence-electron chi connectivity index (χ1n) is 6.73. The van der Waals surface area contributed by atoms with Crippen LogP contribution in [0.2, 0.25) is 0 Å². The van der Waals surface area contributed by atoms with Gasteiger partial charge < -0.3 is 11.1 Å². The van der Waals surface area contributed by atoms with Crippen LogP contribution in [0.1, 0.15) is 43.5 Å². The zero-order chi connectivity index (χ0) is 12.8. The largest absolute Gasteiger partial charge is 0.370 e. The molecule has 0 amide bonds. The van der Waals surface area contributed by atoms with Crippen LogP contribution in [0.4, 0.5) is 0 Å². The van der Waals surface area contributed by atoms with Crippen molar-refractivity contribution < 1.29 is 0 Å². The molecule has 0 unspecified atom stereocenters. The summed E-state index contributed by atoms with van der Waals surface area (Å²) < 4.78 is 0. The van der Waals surface area contributed by atoms with Gasteiger partial charge in [0, 0.05) is 11.7 Å². The zero-order valence-electron chi connectivity index (χ0n) is 11.4. The summed E-state index contributed by atoms with van der Waals surface area (Å²) in [6.45, 7) is 2.53. The molecule has 1 aromatic rings. The van der Waals surface area contributed by atoms with Gasteiger partial charge in [-0.05, 0) is 31.9 Å². The minimum Gasteiger partial charge on any atom is -0.370 e. The van der Waals surface area contributed by atoms with Gasteiger partial charge in [-0.2, -0.15) is 0 Å². The summed E-state index contributed by atoms with van der Waals surface area (Å²) in [6.07, 6.45) is 6.36. The van der Waals surface area contributed by atoms with Gasteiger partial charge in [0.15, 0.2) is 5.96 Å². The lowest BCUT2D eigenvalue weighted by Gasteiger charge is -2.23. The molecule has 2 rings (SSSR count). The zero-order valence-corrected chi connectivity index (χ0v) is 13.8. The van der Waals surface area contributed by atoms with E-state index < -0.39 is 0 Å². The highest BCUT2D eigenvalue weighted by Gasteiger charge is 2.13. The van der Waals surface area contributed by atoms with E-state index >= 15 is 0 Å². The number of halogens is 1. The molecular weight excluding hydrogens is 351 g/mol. The van der Waals surface area contributed by atoms with Gasteiger partial charge in [-0.25, -0.2) is 4.99 Å². The number of aryl methyl sites for hydroxylation is 1. The van der Waals surface area contributed by atoms with Crippen molar-refractivity contribution in [1.82, 2.24) is 10.3 Å². The molecule has 4 nitrogen and oxygen atoms in total. The number of hydrogen-bond acceptors (Lipinski definition) is 2. The van der Waals surface area contributed by atoms with Gasteiger partial charge >= 0.3 is 0 Å². The van der Waals surface area contributed by atoms with Crippen LogP contribution < -0.4 is 11.1 Å². The third kappa shape index (κ3) is 5.76. The second-order valence-electron chi connectivity index (χ2n) is 4.95. The second kappa shape index (κ2) is 8.35. The predicted octanol–water partition coefficient (Wildman–Crippen LogP) is 2.75. The molecule has 0 spiro atoms. The normalized spacial score (nSPS) is 16.8. The van der Waals surface area contributed by atoms with Crippen molar-refractivity contribution in [1.29, 1.82) is 0 Å². The molecule has 5 heteroatoms. The Bertz CT molecular complexity index is 414. The quantitative estimate of drug-likeness (QED) is 0.486. The first-order chi connectivity index (χ1) is 8.74. The van der Waals surface area contributed by atoms with E-state index in [0.29, 0.717) is 18.5 Å². The lowest BCUT2D eigenvalue weighted by atomic mass is 9.96. The van der Waals surface area contributed by atoms with Crippen LogP contribution in [0.3, 0.4) is 0 Å². The maximum Gasteiger partial charge on any atom is 0.189 e. The fourth-order valence-corrected chi connectivity index (χ4v) is 2.36. The lowest BCUT2D eigenvalue weighted by Crippen LogP contribution is -2.41. The summed E-state index contributed by atoms with van der Waals surface area (Å²) in [5.41, 5.74) is 7.88. The molecule has 1 aliphatic rings. The summed E-state index contributed by atoms with van der Waals surface area (Å²) in [5, 5.41) is 3.30. The minimum atomic E-state index is 0. The Balaban J connectivity index is 0.00000180. The van der Waals surface area contributed by atoms with E-state index in [1.807, 2.05) is 25.1 Å². The van der Waals surface area contributed by atoms with E-state index in [4.69, 9.17) is 5.73 Å². The lowest BCUT2D eigenvalue weighted by molar-refractivity contribution is 0.412. The number of pyridine rings is 1. The number of nitrogens with zero attached hydrogens (tertiary/aromatic N) is 2. The molecule has 1 saturated carbocycles. The Morgan fingerprint density at radius 1 is 1.37 bits per heavy atom. The molecule has 1 fully saturated rings. The smallest absolute Gasteiger partial charge is 0.189 e. The molecule has 0 bridgehead atoms. The molecule has 0 atom stereocenters. The number of hydrogen-bond donors (Lipinski definition) is 2. The van der Waals surface area contributed by atoms with E-state index in [0.717, 1.165) is 11.4 Å². The highest BCUT2D eigenvalue weighted by Crippen LogP contribution is 2.17. The van der Waals surface area contributed by atoms with Crippen LogP contribution in [-0.4, -0.2) is 17.0 Å². The van der Waals surface area contributed by atoms with Crippen LogP contribution >= 0.6 is 24.0 Å². The number of guanidine groups is 1. The van der Waals surface area contributed by atoms with E-state index in [-0.39, 0.29) is 24.0 Å². The Labute approximate surface area is 132 Å². The van der Waals surface area contributed by atoms with Gasteiger partial charge in [0.25, 0.3) is 0 Å². The molecule has 0 saturated heterocycles. The molecule has 0 aromatic carbocycles. The molecule has 1 aromatic heterocycles. The minimum absolute atomic E-state index is 0. The summed E-state index contributed by atoms with van der Waals surface area (Å²) in [7, 11) is 0. The van der Waals surface area contributed by atoms with E-state index in [9.17, 15) is 0 Å². The summed E-state index contributed by atoms with van der Waals surface area (Å²) in [4.78, 5) is 8.75. The molecule has 1 aliphatic carbocycles. The monoisotopic (exact) mass is 374 g/mol. The predicted molar refractivity (Wildman–Crippen MR) is 89.7 cm³/mol. The number of aliphatic imine (C=N–C) groups is 1. The van der Waals surface area contributed by atoms with E-state index in [1.54, 1.807) is 0 Å². The highest BCUT2D eigenvalue weighted by atomic mass is 127. The maximum absolute atomic E-state index is 5.90. The van der Waals surface area contributed by atoms with Gasteiger partial charge in [-0.15, -0.1) is 24.0 Å². The molecule has 19 heavy (non-hydrogen) atoms. The van der Waals surface area contributed by atoms with Crippen molar-refractivity contribution in [3.8, 4) is 0 Å². The summed E-state index contributed by atoms with van der Waals surface area (Å²) in [6, 6.07) is 6.46. The average Bonchev–Trinajstić information content (AvgIpc) is 2.38. The van der Waals surface area contributed by atoms with Gasteiger partial charge in [-0.1, -0.05) is 25.3 Å². The number of nitrogens with one attached hydrogen (secondary N) is 1. The average molecular weight is 374 g/mol. The van der Waals surface area contributed by atoms with Crippen molar-refractivity contribution >= 4 is 29.9 Å². The van der Waals surface area contributed by atoms with Crippen LogP contribution in [0.25, 0.3) is 0 Å². The Morgan fingerprint density at radius 2 is 2.11 bits per heavy atom. The number of rotatable bonds is 3. The third-order valence-electron chi connectivity index (χ3n) is 3.31. The standard InChI is InChI=1S/C14H22N4.HI/c1-11-6-5-9-13(17-11)10-16-14(15)18-12-7-3-2-4-8-12;/h5-6,9,12H,2-4,7-8,10H2,1H3,(H3,15,16,18);1H. The molecule has 1 heterocycles. The number of aromatic nitrogens is 1. The van der Waals surface area contributed by atoms with E-state index in [2.05, 4.69) is 15.3 Å². The topological polar surface area (TPSA) is 63.3 Å². The summed E-state index contributed by atoms with van der Waals surface area (Å²) in [5.74, 6) is 0.546. The molecular formula is C14H23IN4. The van der Waals surface area contributed by atoms with Crippen molar-refractivity contribution in [3.63, 3.8) is 0 Å². The fourth-order valence-electron chi connectivity index (χ4n) is 2.36. The summed E-state index contributed by atoms with van der Waals surface area (Å²) >= 11 is 0. The van der Waals surface area contributed by atoms with Crippen LogP contribution in [0.15, 0.2) is 23.2 Å². The first kappa shape index (κ1) is 16.2. The van der Waals surface area contributed by atoms with Gasteiger partial charge in [0.05, 0.1) is 12.2 Å². The van der Waals surface area contributed by atoms with Crippen LogP contribution in [0, 0.1) is 6.92 Å². The second-order valence-corrected chi connectivity index (χ2v) is 4.95. The van der Waals surface area contributed by atoms with Gasteiger partial charge in [-0.3, -0.25) is 4.98 Å². The van der Waals surface area contributed by atoms with Gasteiger partial charge in [0.1, 0.15) is 0 Å². The van der Waals surface area contributed by atoms with Crippen molar-refractivity contribution in [3.05, 3.63) is 29.6 Å². The number of nitrogens with two attached hydrogens (primary N) is 1. The molecule has 0 radical (unpaired) electrons. The van der Waals surface area contributed by atoms with Crippen LogP contribution in [-0.2, 0) is 6.54 Å². The first-order valence-corrected chi connectivity index (χ1v) is 6.73.